The van der Waals surface area contributed by atoms with Crippen molar-refractivity contribution in [1.29, 1.82) is 0 Å². The Balaban J connectivity index is 2.08. The van der Waals surface area contributed by atoms with E-state index in [2.05, 4.69) is 11.4 Å². The molecular formula is C20H26N2O4. The first-order valence-electron chi connectivity index (χ1n) is 8.64. The average molecular weight is 358 g/mol. The predicted molar refractivity (Wildman–Crippen MR) is 101 cm³/mol. The van der Waals surface area contributed by atoms with Crippen molar-refractivity contribution in [2.24, 2.45) is 0 Å². The molecule has 0 heterocycles. The highest BCUT2D eigenvalue weighted by Crippen LogP contribution is 2.20. The van der Waals surface area contributed by atoms with Crippen LogP contribution >= 0.6 is 0 Å². The Kier molecular flexibility index (Phi) is 6.44. The number of allylic oxidation sites excluding steroid dienone is 3. The number of amides is 1. The molecule has 0 saturated carbocycles. The van der Waals surface area contributed by atoms with Gasteiger partial charge in [0.1, 0.15) is 17.4 Å². The minimum Gasteiger partial charge on any atom is -0.444 e. The van der Waals surface area contributed by atoms with Gasteiger partial charge in [0, 0.05) is 5.69 Å². The molecule has 0 aliphatic heterocycles. The smallest absolute Gasteiger partial charge is 0.408 e. The maximum Gasteiger partial charge on any atom is 0.408 e. The van der Waals surface area contributed by atoms with E-state index in [1.54, 1.807) is 45.0 Å². The van der Waals surface area contributed by atoms with Crippen LogP contribution in [0.5, 0.6) is 5.75 Å². The zero-order valence-corrected chi connectivity index (χ0v) is 15.5. The highest BCUT2D eigenvalue weighted by atomic mass is 16.6. The molecular weight excluding hydrogens is 332 g/mol. The van der Waals surface area contributed by atoms with E-state index in [-0.39, 0.29) is 0 Å². The number of nitrogens with one attached hydrogen (secondary N) is 1. The molecule has 0 bridgehead atoms. The van der Waals surface area contributed by atoms with Gasteiger partial charge in [0.15, 0.2) is 0 Å². The van der Waals surface area contributed by atoms with Crippen LogP contribution in [-0.2, 0) is 9.53 Å². The Morgan fingerprint density at radius 1 is 1.23 bits per heavy atom. The van der Waals surface area contributed by atoms with Gasteiger partial charge < -0.3 is 20.5 Å². The van der Waals surface area contributed by atoms with Gasteiger partial charge in [0.05, 0.1) is 0 Å². The van der Waals surface area contributed by atoms with Gasteiger partial charge in [0.25, 0.3) is 0 Å². The molecule has 0 spiro atoms. The van der Waals surface area contributed by atoms with Crippen molar-refractivity contribution in [3.05, 3.63) is 48.1 Å². The number of esters is 1. The summed E-state index contributed by atoms with van der Waals surface area (Å²) >= 11 is 0. The Labute approximate surface area is 154 Å². The molecule has 1 aliphatic carbocycles. The van der Waals surface area contributed by atoms with Gasteiger partial charge in [-0.05, 0) is 64.3 Å². The number of nitrogen functional groups attached to an aromatic ring is 1. The first-order valence-corrected chi connectivity index (χ1v) is 8.64. The summed E-state index contributed by atoms with van der Waals surface area (Å²) in [6, 6.07) is 5.68. The summed E-state index contributed by atoms with van der Waals surface area (Å²) in [6.45, 7) is 5.30. The van der Waals surface area contributed by atoms with Crippen LogP contribution in [0.3, 0.4) is 0 Å². The molecule has 1 atom stereocenters. The van der Waals surface area contributed by atoms with Gasteiger partial charge in [-0.25, -0.2) is 9.59 Å². The average Bonchev–Trinajstić information content (AvgIpc) is 2.55. The summed E-state index contributed by atoms with van der Waals surface area (Å²) in [6.07, 6.45) is 7.46. The SMILES string of the molecule is CC(C)(C)OC(=O)NC(CC1=CC=CCC1)C(=O)Oc1ccc(N)cc1. The number of hydrogen-bond acceptors (Lipinski definition) is 5. The molecule has 0 aromatic heterocycles. The lowest BCUT2D eigenvalue weighted by Gasteiger charge is -2.23. The highest BCUT2D eigenvalue weighted by Gasteiger charge is 2.27. The molecule has 26 heavy (non-hydrogen) atoms. The second kappa shape index (κ2) is 8.56. The number of rotatable bonds is 5. The Hall–Kier alpha value is -2.76. The van der Waals surface area contributed by atoms with Crippen LogP contribution < -0.4 is 15.8 Å². The maximum absolute atomic E-state index is 12.6. The zero-order valence-electron chi connectivity index (χ0n) is 15.5. The van der Waals surface area contributed by atoms with E-state index in [1.165, 1.54) is 0 Å². The molecule has 140 valence electrons. The minimum absolute atomic E-state index is 0.372. The third kappa shape index (κ3) is 6.63. The fraction of sp³-hybridized carbons (Fsp3) is 0.400. The number of hydrogen-bond donors (Lipinski definition) is 2. The van der Waals surface area contributed by atoms with Gasteiger partial charge in [0.2, 0.25) is 0 Å². The molecule has 1 aromatic rings. The van der Waals surface area contributed by atoms with Crippen LogP contribution in [0.2, 0.25) is 0 Å². The summed E-state index contributed by atoms with van der Waals surface area (Å²) < 4.78 is 10.7. The van der Waals surface area contributed by atoms with Crippen molar-refractivity contribution in [3.63, 3.8) is 0 Å². The van der Waals surface area contributed by atoms with Crippen LogP contribution in [0.15, 0.2) is 48.1 Å². The van der Waals surface area contributed by atoms with Crippen LogP contribution in [0.1, 0.15) is 40.0 Å². The molecule has 2 rings (SSSR count). The lowest BCUT2D eigenvalue weighted by molar-refractivity contribution is -0.136. The maximum atomic E-state index is 12.6. The van der Waals surface area contributed by atoms with E-state index in [9.17, 15) is 9.59 Å². The molecule has 6 heteroatoms. The molecule has 1 unspecified atom stereocenters. The van der Waals surface area contributed by atoms with Crippen molar-refractivity contribution in [3.8, 4) is 5.75 Å². The summed E-state index contributed by atoms with van der Waals surface area (Å²) in [5.74, 6) is -0.172. The molecule has 1 aliphatic rings. The first-order chi connectivity index (χ1) is 12.2. The fourth-order valence-electron chi connectivity index (χ4n) is 2.45. The standard InChI is InChI=1S/C20H26N2O4/c1-20(2,3)26-19(24)22-17(13-14-7-5-4-6-8-14)18(23)25-16-11-9-15(21)10-12-16/h4-5,7,9-12,17H,6,8,13,21H2,1-3H3,(H,22,24). The van der Waals surface area contributed by atoms with E-state index < -0.39 is 23.7 Å². The summed E-state index contributed by atoms with van der Waals surface area (Å²) in [4.78, 5) is 24.7. The third-order valence-electron chi connectivity index (χ3n) is 3.64. The molecule has 1 amide bonds. The van der Waals surface area contributed by atoms with E-state index in [1.807, 2.05) is 12.2 Å². The van der Waals surface area contributed by atoms with E-state index in [0.717, 1.165) is 18.4 Å². The van der Waals surface area contributed by atoms with Gasteiger partial charge in [-0.2, -0.15) is 0 Å². The number of alkyl carbamates (subject to hydrolysis) is 1. The number of anilines is 1. The molecule has 0 fully saturated rings. The third-order valence-corrected chi connectivity index (χ3v) is 3.64. The molecule has 1 aromatic carbocycles. The van der Waals surface area contributed by atoms with E-state index in [0.29, 0.717) is 17.9 Å². The molecule has 0 saturated heterocycles. The van der Waals surface area contributed by atoms with Gasteiger partial charge in [-0.1, -0.05) is 23.8 Å². The summed E-state index contributed by atoms with van der Waals surface area (Å²) in [7, 11) is 0. The largest absolute Gasteiger partial charge is 0.444 e. The topological polar surface area (TPSA) is 90.6 Å². The summed E-state index contributed by atoms with van der Waals surface area (Å²) in [5.41, 5.74) is 6.64. The Morgan fingerprint density at radius 2 is 1.92 bits per heavy atom. The predicted octanol–water partition coefficient (Wildman–Crippen LogP) is 3.73. The second-order valence-corrected chi connectivity index (χ2v) is 7.18. The molecule has 6 nitrogen and oxygen atoms in total. The number of carbonyl (C=O) groups is 2. The second-order valence-electron chi connectivity index (χ2n) is 7.18. The highest BCUT2D eigenvalue weighted by molar-refractivity contribution is 5.83. The lowest BCUT2D eigenvalue weighted by atomic mass is 9.98. The molecule has 3 N–H and O–H groups in total. The van der Waals surface area contributed by atoms with Crippen LogP contribution in [0.25, 0.3) is 0 Å². The first kappa shape index (κ1) is 19.6. The number of carbonyl (C=O) groups excluding carboxylic acids is 2. The minimum atomic E-state index is -0.833. The lowest BCUT2D eigenvalue weighted by Crippen LogP contribution is -2.45. The van der Waals surface area contributed by atoms with Crippen LogP contribution in [0.4, 0.5) is 10.5 Å². The summed E-state index contributed by atoms with van der Waals surface area (Å²) in [5, 5.41) is 2.63. The van der Waals surface area contributed by atoms with Gasteiger partial charge >= 0.3 is 12.1 Å². The number of benzene rings is 1. The normalized spacial score (nSPS) is 15.0. The Morgan fingerprint density at radius 3 is 2.50 bits per heavy atom. The van der Waals surface area contributed by atoms with Crippen LogP contribution in [-0.4, -0.2) is 23.7 Å². The van der Waals surface area contributed by atoms with E-state index >= 15 is 0 Å². The van der Waals surface area contributed by atoms with Crippen molar-refractivity contribution in [2.45, 2.75) is 51.7 Å². The number of ether oxygens (including phenoxy) is 2. The fourth-order valence-corrected chi connectivity index (χ4v) is 2.45. The number of nitrogens with two attached hydrogens (primary N) is 1. The van der Waals surface area contributed by atoms with Crippen molar-refractivity contribution >= 4 is 17.7 Å². The molecule has 0 radical (unpaired) electrons. The van der Waals surface area contributed by atoms with Crippen molar-refractivity contribution in [2.75, 3.05) is 5.73 Å². The quantitative estimate of drug-likeness (QED) is 0.475. The zero-order chi connectivity index (χ0) is 19.2. The van der Waals surface area contributed by atoms with Gasteiger partial charge in [-0.15, -0.1) is 0 Å². The van der Waals surface area contributed by atoms with Crippen molar-refractivity contribution < 1.29 is 19.1 Å². The monoisotopic (exact) mass is 358 g/mol. The Bertz CT molecular complexity index is 700. The van der Waals surface area contributed by atoms with Gasteiger partial charge in [-0.3, -0.25) is 0 Å². The van der Waals surface area contributed by atoms with Crippen LogP contribution in [0, 0.1) is 0 Å². The van der Waals surface area contributed by atoms with Crippen molar-refractivity contribution in [1.82, 2.24) is 5.32 Å². The van der Waals surface area contributed by atoms with E-state index in [4.69, 9.17) is 15.2 Å².